The van der Waals surface area contributed by atoms with Crippen molar-refractivity contribution < 1.29 is 4.52 Å². The number of para-hydroxylation sites is 1. The monoisotopic (exact) mass is 343 g/mol. The van der Waals surface area contributed by atoms with E-state index in [-0.39, 0.29) is 0 Å². The second-order valence-electron chi connectivity index (χ2n) is 6.25. The Morgan fingerprint density at radius 2 is 2.00 bits per heavy atom. The summed E-state index contributed by atoms with van der Waals surface area (Å²) in [5.74, 6) is 1.93. The van der Waals surface area contributed by atoms with Gasteiger partial charge in [-0.25, -0.2) is 4.99 Å². The number of hydrogen-bond acceptors (Lipinski definition) is 4. The second kappa shape index (κ2) is 9.71. The number of aliphatic imine (C=N–C) groups is 1. The molecule has 6 nitrogen and oxygen atoms in total. The SMILES string of the molecule is CCNC(=NCc1cc(C(C)C)no1)NCCN(C)c1ccccc1. The molecule has 0 saturated heterocycles. The standard InChI is InChI=1S/C19H29N5O/c1-5-20-19(22-14-17-13-18(15(2)3)23-25-17)21-11-12-24(4)16-9-7-6-8-10-16/h6-10,13,15H,5,11-12,14H2,1-4H3,(H2,20,21,22). The first-order chi connectivity index (χ1) is 12.1. The minimum Gasteiger partial charge on any atom is -0.373 e. The fourth-order valence-electron chi connectivity index (χ4n) is 2.33. The lowest BCUT2D eigenvalue weighted by molar-refractivity contribution is 0.376. The third kappa shape index (κ3) is 6.14. The molecule has 0 aliphatic rings. The average molecular weight is 343 g/mol. The highest BCUT2D eigenvalue weighted by Crippen LogP contribution is 2.14. The van der Waals surface area contributed by atoms with Gasteiger partial charge in [0.1, 0.15) is 6.54 Å². The molecule has 1 heterocycles. The summed E-state index contributed by atoms with van der Waals surface area (Å²) in [5.41, 5.74) is 2.17. The molecule has 1 aromatic carbocycles. The van der Waals surface area contributed by atoms with E-state index in [1.807, 2.05) is 24.3 Å². The summed E-state index contributed by atoms with van der Waals surface area (Å²) in [7, 11) is 2.09. The summed E-state index contributed by atoms with van der Waals surface area (Å²) in [6, 6.07) is 12.3. The molecule has 1 aromatic heterocycles. The number of hydrogen-bond donors (Lipinski definition) is 2. The molecule has 0 bridgehead atoms. The molecule has 0 unspecified atom stereocenters. The first-order valence-electron chi connectivity index (χ1n) is 8.84. The van der Waals surface area contributed by atoms with Crippen molar-refractivity contribution in [3.8, 4) is 0 Å². The Morgan fingerprint density at radius 3 is 2.64 bits per heavy atom. The molecule has 2 N–H and O–H groups in total. The third-order valence-electron chi connectivity index (χ3n) is 3.84. The van der Waals surface area contributed by atoms with Crippen LogP contribution in [0.4, 0.5) is 5.69 Å². The quantitative estimate of drug-likeness (QED) is 0.570. The van der Waals surface area contributed by atoms with Crippen LogP contribution in [0.2, 0.25) is 0 Å². The molecule has 0 aliphatic heterocycles. The minimum atomic E-state index is 0.362. The predicted molar refractivity (Wildman–Crippen MR) is 103 cm³/mol. The van der Waals surface area contributed by atoms with Gasteiger partial charge < -0.3 is 20.1 Å². The van der Waals surface area contributed by atoms with Crippen LogP contribution in [0.5, 0.6) is 0 Å². The Hall–Kier alpha value is -2.50. The molecule has 0 saturated carbocycles. The highest BCUT2D eigenvalue weighted by Gasteiger charge is 2.07. The van der Waals surface area contributed by atoms with Gasteiger partial charge in [-0.05, 0) is 25.0 Å². The maximum Gasteiger partial charge on any atom is 0.191 e. The lowest BCUT2D eigenvalue weighted by Crippen LogP contribution is -2.41. The van der Waals surface area contributed by atoms with Crippen LogP contribution in [0.3, 0.4) is 0 Å². The molecule has 136 valence electrons. The zero-order chi connectivity index (χ0) is 18.1. The summed E-state index contributed by atoms with van der Waals surface area (Å²) in [5, 5.41) is 10.7. The van der Waals surface area contributed by atoms with E-state index < -0.39 is 0 Å². The van der Waals surface area contributed by atoms with Gasteiger partial charge in [0.2, 0.25) is 0 Å². The van der Waals surface area contributed by atoms with Gasteiger partial charge in [-0.3, -0.25) is 0 Å². The highest BCUT2D eigenvalue weighted by atomic mass is 16.5. The van der Waals surface area contributed by atoms with Crippen molar-refractivity contribution in [1.29, 1.82) is 0 Å². The van der Waals surface area contributed by atoms with Crippen molar-refractivity contribution in [2.24, 2.45) is 4.99 Å². The maximum atomic E-state index is 5.33. The highest BCUT2D eigenvalue weighted by molar-refractivity contribution is 5.79. The number of nitrogens with zero attached hydrogens (tertiary/aromatic N) is 3. The van der Waals surface area contributed by atoms with Crippen LogP contribution in [0.25, 0.3) is 0 Å². The predicted octanol–water partition coefficient (Wildman–Crippen LogP) is 2.99. The molecule has 0 spiro atoms. The molecule has 0 fully saturated rings. The van der Waals surface area contributed by atoms with Crippen molar-refractivity contribution in [3.63, 3.8) is 0 Å². The lowest BCUT2D eigenvalue weighted by atomic mass is 10.1. The summed E-state index contributed by atoms with van der Waals surface area (Å²) in [6.07, 6.45) is 0. The molecule has 2 aromatic rings. The number of nitrogens with one attached hydrogen (secondary N) is 2. The smallest absolute Gasteiger partial charge is 0.191 e. The van der Waals surface area contributed by atoms with Gasteiger partial charge in [0.25, 0.3) is 0 Å². The van der Waals surface area contributed by atoms with Crippen LogP contribution in [0.15, 0.2) is 45.9 Å². The Labute approximate surface area is 150 Å². The van der Waals surface area contributed by atoms with Crippen LogP contribution in [-0.2, 0) is 6.54 Å². The fraction of sp³-hybridized carbons (Fsp3) is 0.474. The van der Waals surface area contributed by atoms with E-state index in [1.165, 1.54) is 5.69 Å². The van der Waals surface area contributed by atoms with E-state index in [0.717, 1.165) is 37.0 Å². The fourth-order valence-corrected chi connectivity index (χ4v) is 2.33. The second-order valence-corrected chi connectivity index (χ2v) is 6.25. The van der Waals surface area contributed by atoms with Gasteiger partial charge in [-0.15, -0.1) is 0 Å². The van der Waals surface area contributed by atoms with Crippen molar-refractivity contribution >= 4 is 11.6 Å². The first-order valence-corrected chi connectivity index (χ1v) is 8.84. The van der Waals surface area contributed by atoms with E-state index in [2.05, 4.69) is 65.6 Å². The summed E-state index contributed by atoms with van der Waals surface area (Å²) in [4.78, 5) is 6.78. The van der Waals surface area contributed by atoms with Crippen LogP contribution in [0, 0.1) is 0 Å². The molecule has 25 heavy (non-hydrogen) atoms. The maximum absolute atomic E-state index is 5.33. The third-order valence-corrected chi connectivity index (χ3v) is 3.84. The normalized spacial score (nSPS) is 11.6. The van der Waals surface area contributed by atoms with Gasteiger partial charge in [0, 0.05) is 38.4 Å². The van der Waals surface area contributed by atoms with Crippen molar-refractivity contribution in [2.75, 3.05) is 31.6 Å². The number of benzene rings is 1. The van der Waals surface area contributed by atoms with Gasteiger partial charge >= 0.3 is 0 Å². The minimum absolute atomic E-state index is 0.362. The molecule has 2 rings (SSSR count). The largest absolute Gasteiger partial charge is 0.373 e. The molecule has 0 amide bonds. The van der Waals surface area contributed by atoms with Crippen molar-refractivity contribution in [1.82, 2.24) is 15.8 Å². The van der Waals surface area contributed by atoms with E-state index >= 15 is 0 Å². The van der Waals surface area contributed by atoms with Crippen LogP contribution >= 0.6 is 0 Å². The Bertz CT molecular complexity index is 651. The van der Waals surface area contributed by atoms with E-state index in [0.29, 0.717) is 12.5 Å². The zero-order valence-corrected chi connectivity index (χ0v) is 15.6. The van der Waals surface area contributed by atoms with Gasteiger partial charge in [0.05, 0.1) is 5.69 Å². The Balaban J connectivity index is 1.84. The van der Waals surface area contributed by atoms with Gasteiger partial charge in [-0.2, -0.15) is 0 Å². The molecule has 0 radical (unpaired) electrons. The molecular formula is C19H29N5O. The average Bonchev–Trinajstić information content (AvgIpc) is 3.09. The number of anilines is 1. The Morgan fingerprint density at radius 1 is 1.24 bits per heavy atom. The van der Waals surface area contributed by atoms with E-state index in [9.17, 15) is 0 Å². The molecular weight excluding hydrogens is 314 g/mol. The summed E-state index contributed by atoms with van der Waals surface area (Å²) >= 11 is 0. The topological polar surface area (TPSA) is 65.7 Å². The van der Waals surface area contributed by atoms with Gasteiger partial charge in [-0.1, -0.05) is 37.2 Å². The zero-order valence-electron chi connectivity index (χ0n) is 15.6. The van der Waals surface area contributed by atoms with Crippen molar-refractivity contribution in [3.05, 3.63) is 47.9 Å². The van der Waals surface area contributed by atoms with E-state index in [4.69, 9.17) is 4.52 Å². The summed E-state index contributed by atoms with van der Waals surface area (Å²) in [6.45, 7) is 9.22. The molecule has 6 heteroatoms. The number of guanidine groups is 1. The van der Waals surface area contributed by atoms with E-state index in [1.54, 1.807) is 0 Å². The van der Waals surface area contributed by atoms with Crippen LogP contribution in [-0.4, -0.2) is 37.8 Å². The molecule has 0 aliphatic carbocycles. The van der Waals surface area contributed by atoms with Crippen LogP contribution in [0.1, 0.15) is 38.1 Å². The van der Waals surface area contributed by atoms with Gasteiger partial charge in [0.15, 0.2) is 11.7 Å². The summed E-state index contributed by atoms with van der Waals surface area (Å²) < 4.78 is 5.33. The number of rotatable bonds is 8. The first kappa shape index (κ1) is 18.8. The number of aromatic nitrogens is 1. The Kier molecular flexibility index (Phi) is 7.32. The molecule has 0 atom stereocenters. The number of likely N-dealkylation sites (N-methyl/N-ethyl adjacent to an activating group) is 1. The van der Waals surface area contributed by atoms with Crippen molar-refractivity contribution in [2.45, 2.75) is 33.2 Å². The van der Waals surface area contributed by atoms with Crippen LogP contribution < -0.4 is 15.5 Å². The lowest BCUT2D eigenvalue weighted by Gasteiger charge is -2.20.